The zero-order valence-electron chi connectivity index (χ0n) is 29.7. The zero-order valence-corrected chi connectivity index (χ0v) is 29.7. The van der Waals surface area contributed by atoms with Crippen molar-refractivity contribution in [3.63, 3.8) is 0 Å². The molecule has 11 rings (SSSR count). The van der Waals surface area contributed by atoms with Gasteiger partial charge in [0.05, 0.1) is 5.41 Å². The minimum Gasteiger partial charge on any atom is -0.484 e. The first-order valence-corrected chi connectivity index (χ1v) is 18.6. The van der Waals surface area contributed by atoms with Crippen LogP contribution in [-0.4, -0.2) is 0 Å². The standard InChI is InChI=1S/C51H35NO2/c1-51-32-44(34-13-3-2-4-14-34)41-16-7-8-17-42(41)50(51)54-48-31-39(28-29-45(48)51)52(38-27-22-33-12-5-6-15-36(33)30-38)37-25-23-35(24-26-37)40-19-11-21-47-49(40)43-18-9-10-20-46(43)53-47/h2-32,50H,1H3. The largest absolute Gasteiger partial charge is 0.484 e. The molecule has 2 unspecified atom stereocenters. The normalized spacial score (nSPS) is 17.1. The summed E-state index contributed by atoms with van der Waals surface area (Å²) < 4.78 is 13.3. The average molecular weight is 694 g/mol. The highest BCUT2D eigenvalue weighted by Gasteiger charge is 2.48. The number of fused-ring (bicyclic) bond motifs is 9. The molecule has 0 N–H and O–H groups in total. The summed E-state index contributed by atoms with van der Waals surface area (Å²) in [5, 5.41) is 4.68. The second-order valence-corrected chi connectivity index (χ2v) is 14.7. The van der Waals surface area contributed by atoms with Crippen LogP contribution in [0.4, 0.5) is 17.1 Å². The van der Waals surface area contributed by atoms with E-state index in [9.17, 15) is 0 Å². The molecule has 0 radical (unpaired) electrons. The van der Waals surface area contributed by atoms with Crippen molar-refractivity contribution in [2.24, 2.45) is 0 Å². The Morgan fingerprint density at radius 3 is 2.09 bits per heavy atom. The molecule has 0 saturated carbocycles. The number of hydrogen-bond donors (Lipinski definition) is 0. The summed E-state index contributed by atoms with van der Waals surface area (Å²) in [7, 11) is 0. The van der Waals surface area contributed by atoms with Gasteiger partial charge in [0.1, 0.15) is 23.0 Å². The summed E-state index contributed by atoms with van der Waals surface area (Å²) in [6.07, 6.45) is 2.31. The van der Waals surface area contributed by atoms with Crippen LogP contribution in [0, 0.1) is 0 Å². The quantitative estimate of drug-likeness (QED) is 0.179. The number of ether oxygens (including phenoxy) is 1. The second-order valence-electron chi connectivity index (χ2n) is 14.7. The van der Waals surface area contributed by atoms with Gasteiger partial charge in [0.15, 0.2) is 0 Å². The number of nitrogens with zero attached hydrogens (tertiary/aromatic N) is 1. The van der Waals surface area contributed by atoms with E-state index in [2.05, 4.69) is 188 Å². The molecule has 1 aliphatic heterocycles. The fourth-order valence-electron chi connectivity index (χ4n) is 8.90. The number of benzene rings is 8. The molecule has 3 heteroatoms. The third kappa shape index (κ3) is 4.68. The third-order valence-corrected chi connectivity index (χ3v) is 11.5. The molecule has 0 amide bonds. The van der Waals surface area contributed by atoms with Gasteiger partial charge in [0.2, 0.25) is 0 Å². The van der Waals surface area contributed by atoms with Crippen LogP contribution >= 0.6 is 0 Å². The lowest BCUT2D eigenvalue weighted by Gasteiger charge is -2.35. The number of anilines is 3. The Balaban J connectivity index is 1.04. The topological polar surface area (TPSA) is 25.6 Å². The molecule has 1 aliphatic carbocycles. The molecule has 256 valence electrons. The van der Waals surface area contributed by atoms with Gasteiger partial charge in [-0.25, -0.2) is 0 Å². The van der Waals surface area contributed by atoms with Crippen molar-refractivity contribution in [1.29, 1.82) is 0 Å². The summed E-state index contributed by atoms with van der Waals surface area (Å²) in [6, 6.07) is 65.0. The number of hydrogen-bond acceptors (Lipinski definition) is 3. The maximum atomic E-state index is 7.02. The van der Waals surface area contributed by atoms with E-state index in [1.807, 2.05) is 12.1 Å². The molecule has 2 aliphatic rings. The van der Waals surface area contributed by atoms with Gasteiger partial charge in [0.25, 0.3) is 0 Å². The summed E-state index contributed by atoms with van der Waals surface area (Å²) in [5.74, 6) is 0.918. The lowest BCUT2D eigenvalue weighted by Crippen LogP contribution is -2.30. The van der Waals surface area contributed by atoms with Crippen molar-refractivity contribution < 1.29 is 9.15 Å². The van der Waals surface area contributed by atoms with Crippen molar-refractivity contribution in [2.45, 2.75) is 18.4 Å². The average Bonchev–Trinajstić information content (AvgIpc) is 3.76. The van der Waals surface area contributed by atoms with E-state index in [0.29, 0.717) is 0 Å². The Bertz CT molecular complexity index is 2940. The molecule has 2 atom stereocenters. The molecule has 54 heavy (non-hydrogen) atoms. The monoisotopic (exact) mass is 693 g/mol. The molecule has 0 fully saturated rings. The number of furan rings is 1. The lowest BCUT2D eigenvalue weighted by molar-refractivity contribution is 0.181. The van der Waals surface area contributed by atoms with Gasteiger partial charge in [-0.2, -0.15) is 0 Å². The van der Waals surface area contributed by atoms with Gasteiger partial charge in [0, 0.05) is 45.0 Å². The maximum absolute atomic E-state index is 7.02. The van der Waals surface area contributed by atoms with Crippen molar-refractivity contribution >= 4 is 55.3 Å². The first kappa shape index (κ1) is 30.8. The van der Waals surface area contributed by atoms with Crippen molar-refractivity contribution in [2.75, 3.05) is 4.90 Å². The van der Waals surface area contributed by atoms with Gasteiger partial charge >= 0.3 is 0 Å². The Hall–Kier alpha value is -6.84. The van der Waals surface area contributed by atoms with Crippen LogP contribution in [0.3, 0.4) is 0 Å². The molecular weight excluding hydrogens is 659 g/mol. The number of para-hydroxylation sites is 1. The Morgan fingerprint density at radius 2 is 1.20 bits per heavy atom. The van der Waals surface area contributed by atoms with Crippen LogP contribution in [0.2, 0.25) is 0 Å². The van der Waals surface area contributed by atoms with E-state index in [4.69, 9.17) is 9.15 Å². The maximum Gasteiger partial charge on any atom is 0.137 e. The van der Waals surface area contributed by atoms with E-state index >= 15 is 0 Å². The molecular formula is C51H35NO2. The first-order chi connectivity index (χ1) is 26.6. The summed E-state index contributed by atoms with van der Waals surface area (Å²) in [5.41, 5.74) is 13.1. The van der Waals surface area contributed by atoms with E-state index in [-0.39, 0.29) is 11.5 Å². The van der Waals surface area contributed by atoms with Crippen molar-refractivity contribution in [3.8, 4) is 16.9 Å². The van der Waals surface area contributed by atoms with Crippen LogP contribution in [-0.2, 0) is 5.41 Å². The Labute approximate surface area is 314 Å². The van der Waals surface area contributed by atoms with Gasteiger partial charge in [-0.05, 0) is 88.0 Å². The van der Waals surface area contributed by atoms with Gasteiger partial charge in [-0.1, -0.05) is 140 Å². The highest BCUT2D eigenvalue weighted by Crippen LogP contribution is 2.57. The van der Waals surface area contributed by atoms with Crippen molar-refractivity contribution in [1.82, 2.24) is 0 Å². The summed E-state index contributed by atoms with van der Waals surface area (Å²) >= 11 is 0. The predicted molar refractivity (Wildman–Crippen MR) is 222 cm³/mol. The second kappa shape index (κ2) is 11.8. The molecule has 1 aromatic heterocycles. The molecule has 0 spiro atoms. The predicted octanol–water partition coefficient (Wildman–Crippen LogP) is 13.7. The van der Waals surface area contributed by atoms with Crippen LogP contribution < -0.4 is 9.64 Å². The summed E-state index contributed by atoms with van der Waals surface area (Å²) in [4.78, 5) is 2.34. The van der Waals surface area contributed by atoms with E-state index in [1.165, 1.54) is 38.6 Å². The summed E-state index contributed by atoms with van der Waals surface area (Å²) in [6.45, 7) is 2.33. The molecule has 2 heterocycles. The first-order valence-electron chi connectivity index (χ1n) is 18.6. The fraction of sp³-hybridized carbons (Fsp3) is 0.0588. The zero-order chi connectivity index (χ0) is 35.8. The van der Waals surface area contributed by atoms with Gasteiger partial charge in [-0.15, -0.1) is 0 Å². The highest BCUT2D eigenvalue weighted by atomic mass is 16.5. The Morgan fingerprint density at radius 1 is 0.519 bits per heavy atom. The van der Waals surface area contributed by atoms with Crippen LogP contribution in [0.15, 0.2) is 192 Å². The van der Waals surface area contributed by atoms with Crippen LogP contribution in [0.5, 0.6) is 5.75 Å². The number of rotatable bonds is 5. The molecule has 9 aromatic rings. The lowest BCUT2D eigenvalue weighted by atomic mass is 9.69. The molecule has 0 saturated heterocycles. The minimum absolute atomic E-state index is 0.124. The fourth-order valence-corrected chi connectivity index (χ4v) is 8.90. The molecule has 0 bridgehead atoms. The van der Waals surface area contributed by atoms with Crippen LogP contribution in [0.1, 0.15) is 35.3 Å². The molecule has 3 nitrogen and oxygen atoms in total. The SMILES string of the molecule is CC12C=C(c3ccccc3)c3ccccc3C1Oc1cc(N(c3ccc(-c4cccc5oc6ccccc6c45)cc3)c3ccc4ccccc4c3)ccc12. The van der Waals surface area contributed by atoms with Gasteiger partial charge < -0.3 is 14.1 Å². The smallest absolute Gasteiger partial charge is 0.137 e. The van der Waals surface area contributed by atoms with Gasteiger partial charge in [-0.3, -0.25) is 0 Å². The minimum atomic E-state index is -0.332. The Kier molecular flexibility index (Phi) is 6.74. The highest BCUT2D eigenvalue weighted by molar-refractivity contribution is 6.12. The molecule has 8 aromatic carbocycles. The van der Waals surface area contributed by atoms with Crippen molar-refractivity contribution in [3.05, 3.63) is 210 Å². The van der Waals surface area contributed by atoms with E-state index in [1.54, 1.807) is 0 Å². The third-order valence-electron chi connectivity index (χ3n) is 11.5. The van der Waals surface area contributed by atoms with E-state index in [0.717, 1.165) is 55.9 Å². The van der Waals surface area contributed by atoms with E-state index < -0.39 is 0 Å². The van der Waals surface area contributed by atoms with Crippen LogP contribution in [0.25, 0.3) is 49.4 Å².